The highest BCUT2D eigenvalue weighted by Crippen LogP contribution is 2.17. The molecule has 1 N–H and O–H groups in total. The zero-order valence-corrected chi connectivity index (χ0v) is 12.9. The fraction of sp³-hybridized carbons (Fsp3) is 1.00. The van der Waals surface area contributed by atoms with Crippen LogP contribution in [0, 0.1) is 0 Å². The largest absolute Gasteiger partial charge is 0.376 e. The van der Waals surface area contributed by atoms with Crippen LogP contribution >= 0.6 is 0 Å². The van der Waals surface area contributed by atoms with E-state index in [0.29, 0.717) is 12.1 Å². The van der Waals surface area contributed by atoms with E-state index in [2.05, 4.69) is 24.1 Å². The summed E-state index contributed by atoms with van der Waals surface area (Å²) in [5, 5.41) is 3.79. The van der Waals surface area contributed by atoms with Gasteiger partial charge in [0.2, 0.25) is 0 Å². The van der Waals surface area contributed by atoms with E-state index < -0.39 is 0 Å². The Hall–Kier alpha value is -0.120. The molecule has 0 bridgehead atoms. The molecule has 1 aliphatic heterocycles. The lowest BCUT2D eigenvalue weighted by atomic mass is 10.1. The summed E-state index contributed by atoms with van der Waals surface area (Å²) in [7, 11) is 0. The molecule has 1 heterocycles. The second-order valence-electron chi connectivity index (χ2n) is 6.34. The number of nitrogens with one attached hydrogen (secondary N) is 1. The highest BCUT2D eigenvalue weighted by Gasteiger charge is 2.25. The Bertz CT molecular complexity index is 239. The second-order valence-corrected chi connectivity index (χ2v) is 6.34. The molecule has 0 radical (unpaired) electrons. The summed E-state index contributed by atoms with van der Waals surface area (Å²) in [5.41, 5.74) is 0. The molecule has 2 rings (SSSR count). The van der Waals surface area contributed by atoms with Crippen LogP contribution in [0.1, 0.15) is 58.8 Å². The lowest BCUT2D eigenvalue weighted by Gasteiger charge is -2.38. The SMILES string of the molecule is CCC1COC(C)CN1CCNC1CCCCCC1. The highest BCUT2D eigenvalue weighted by atomic mass is 16.5. The third-order valence-corrected chi connectivity index (χ3v) is 4.74. The van der Waals surface area contributed by atoms with Crippen LogP contribution in [0.2, 0.25) is 0 Å². The maximum atomic E-state index is 5.76. The molecule has 1 saturated carbocycles. The molecule has 1 aliphatic carbocycles. The van der Waals surface area contributed by atoms with Crippen molar-refractivity contribution in [2.24, 2.45) is 0 Å². The van der Waals surface area contributed by atoms with Crippen molar-refractivity contribution in [1.82, 2.24) is 10.2 Å². The topological polar surface area (TPSA) is 24.5 Å². The van der Waals surface area contributed by atoms with Gasteiger partial charge in [0.05, 0.1) is 12.7 Å². The Morgan fingerprint density at radius 1 is 1.16 bits per heavy atom. The third-order valence-electron chi connectivity index (χ3n) is 4.74. The van der Waals surface area contributed by atoms with Crippen molar-refractivity contribution in [3.8, 4) is 0 Å². The normalized spacial score (nSPS) is 31.3. The van der Waals surface area contributed by atoms with Crippen LogP contribution in [0.3, 0.4) is 0 Å². The third kappa shape index (κ3) is 5.05. The van der Waals surface area contributed by atoms with Crippen molar-refractivity contribution < 1.29 is 4.74 Å². The van der Waals surface area contributed by atoms with Crippen LogP contribution < -0.4 is 5.32 Å². The summed E-state index contributed by atoms with van der Waals surface area (Å²) in [6.07, 6.45) is 10.1. The molecular formula is C16H32N2O. The van der Waals surface area contributed by atoms with E-state index in [9.17, 15) is 0 Å². The number of rotatable bonds is 5. The monoisotopic (exact) mass is 268 g/mol. The van der Waals surface area contributed by atoms with Gasteiger partial charge in [-0.2, -0.15) is 0 Å². The summed E-state index contributed by atoms with van der Waals surface area (Å²) in [6.45, 7) is 8.82. The number of hydrogen-bond donors (Lipinski definition) is 1. The van der Waals surface area contributed by atoms with E-state index in [1.165, 1.54) is 51.5 Å². The summed E-state index contributed by atoms with van der Waals surface area (Å²) in [6, 6.07) is 1.41. The zero-order chi connectivity index (χ0) is 13.5. The minimum Gasteiger partial charge on any atom is -0.376 e. The first kappa shape index (κ1) is 15.3. The standard InChI is InChI=1S/C16H32N2O/c1-3-16-13-19-14(2)12-18(16)11-10-17-15-8-6-4-5-7-9-15/h14-17H,3-13H2,1-2H3. The summed E-state index contributed by atoms with van der Waals surface area (Å²) in [4.78, 5) is 2.62. The van der Waals surface area contributed by atoms with Gasteiger partial charge in [0.25, 0.3) is 0 Å². The van der Waals surface area contributed by atoms with Crippen LogP contribution in [0.4, 0.5) is 0 Å². The lowest BCUT2D eigenvalue weighted by Crippen LogP contribution is -2.51. The van der Waals surface area contributed by atoms with Gasteiger partial charge < -0.3 is 10.1 Å². The second kappa shape index (κ2) is 8.23. The van der Waals surface area contributed by atoms with Crippen LogP contribution in [0.25, 0.3) is 0 Å². The quantitative estimate of drug-likeness (QED) is 0.776. The molecule has 0 aromatic rings. The molecule has 2 fully saturated rings. The predicted octanol–water partition coefficient (Wildman–Crippen LogP) is 2.80. The summed E-state index contributed by atoms with van der Waals surface area (Å²) < 4.78 is 5.76. The van der Waals surface area contributed by atoms with Crippen molar-refractivity contribution in [2.75, 3.05) is 26.2 Å². The van der Waals surface area contributed by atoms with E-state index in [1.54, 1.807) is 0 Å². The average molecular weight is 268 g/mol. The van der Waals surface area contributed by atoms with Gasteiger partial charge in [-0.25, -0.2) is 0 Å². The zero-order valence-electron chi connectivity index (χ0n) is 12.9. The van der Waals surface area contributed by atoms with Crippen molar-refractivity contribution >= 4 is 0 Å². The number of morpholine rings is 1. The van der Waals surface area contributed by atoms with Gasteiger partial charge in [0, 0.05) is 31.7 Å². The lowest BCUT2D eigenvalue weighted by molar-refractivity contribution is -0.0552. The molecular weight excluding hydrogens is 236 g/mol. The highest BCUT2D eigenvalue weighted by molar-refractivity contribution is 4.79. The Morgan fingerprint density at radius 3 is 2.58 bits per heavy atom. The van der Waals surface area contributed by atoms with Crippen LogP contribution in [-0.4, -0.2) is 49.3 Å². The summed E-state index contributed by atoms with van der Waals surface area (Å²) in [5.74, 6) is 0. The van der Waals surface area contributed by atoms with Gasteiger partial charge in [-0.05, 0) is 26.2 Å². The van der Waals surface area contributed by atoms with Crippen LogP contribution in [-0.2, 0) is 4.74 Å². The smallest absolute Gasteiger partial charge is 0.0674 e. The molecule has 0 spiro atoms. The first-order valence-electron chi connectivity index (χ1n) is 8.38. The minimum absolute atomic E-state index is 0.403. The van der Waals surface area contributed by atoms with Crippen LogP contribution in [0.15, 0.2) is 0 Å². The van der Waals surface area contributed by atoms with Gasteiger partial charge >= 0.3 is 0 Å². The molecule has 112 valence electrons. The van der Waals surface area contributed by atoms with Gasteiger partial charge in [-0.3, -0.25) is 4.90 Å². The Labute approximate surface area is 119 Å². The maximum absolute atomic E-state index is 5.76. The number of nitrogens with zero attached hydrogens (tertiary/aromatic N) is 1. The molecule has 1 saturated heterocycles. The molecule has 0 aromatic heterocycles. The molecule has 0 amide bonds. The fourth-order valence-corrected chi connectivity index (χ4v) is 3.46. The molecule has 2 aliphatic rings. The van der Waals surface area contributed by atoms with Crippen molar-refractivity contribution in [2.45, 2.75) is 77.0 Å². The maximum Gasteiger partial charge on any atom is 0.0674 e. The van der Waals surface area contributed by atoms with Gasteiger partial charge in [-0.1, -0.05) is 32.6 Å². The van der Waals surface area contributed by atoms with E-state index in [-0.39, 0.29) is 0 Å². The van der Waals surface area contributed by atoms with E-state index in [1.807, 2.05) is 0 Å². The van der Waals surface area contributed by atoms with Gasteiger partial charge in [-0.15, -0.1) is 0 Å². The fourth-order valence-electron chi connectivity index (χ4n) is 3.46. The average Bonchev–Trinajstić information content (AvgIpc) is 2.68. The van der Waals surface area contributed by atoms with E-state index in [4.69, 9.17) is 4.74 Å². The van der Waals surface area contributed by atoms with E-state index >= 15 is 0 Å². The molecule has 3 heteroatoms. The predicted molar refractivity (Wildman–Crippen MR) is 80.6 cm³/mol. The molecule has 0 aromatic carbocycles. The molecule has 2 atom stereocenters. The first-order valence-corrected chi connectivity index (χ1v) is 8.38. The van der Waals surface area contributed by atoms with Crippen molar-refractivity contribution in [1.29, 1.82) is 0 Å². The Morgan fingerprint density at radius 2 is 1.89 bits per heavy atom. The first-order chi connectivity index (χ1) is 9.29. The van der Waals surface area contributed by atoms with Crippen LogP contribution in [0.5, 0.6) is 0 Å². The Kier molecular flexibility index (Phi) is 6.62. The van der Waals surface area contributed by atoms with Crippen molar-refractivity contribution in [3.63, 3.8) is 0 Å². The van der Waals surface area contributed by atoms with E-state index in [0.717, 1.165) is 25.7 Å². The minimum atomic E-state index is 0.403. The van der Waals surface area contributed by atoms with Gasteiger partial charge in [0.15, 0.2) is 0 Å². The number of hydrogen-bond acceptors (Lipinski definition) is 3. The molecule has 2 unspecified atom stereocenters. The molecule has 3 nitrogen and oxygen atoms in total. The number of ether oxygens (including phenoxy) is 1. The Balaban J connectivity index is 1.68. The van der Waals surface area contributed by atoms with Gasteiger partial charge in [0.1, 0.15) is 0 Å². The molecule has 19 heavy (non-hydrogen) atoms. The summed E-state index contributed by atoms with van der Waals surface area (Å²) >= 11 is 0. The van der Waals surface area contributed by atoms with Crippen molar-refractivity contribution in [3.05, 3.63) is 0 Å².